The molecule has 0 amide bonds. The largest absolute Gasteiger partial charge is 0.392 e. The van der Waals surface area contributed by atoms with Crippen molar-refractivity contribution in [3.63, 3.8) is 0 Å². The number of hydrogen-bond donors (Lipinski definition) is 2. The van der Waals surface area contributed by atoms with Crippen LogP contribution in [-0.4, -0.2) is 31.6 Å². The highest BCUT2D eigenvalue weighted by atomic mass is 79.9. The first-order valence-electron chi connectivity index (χ1n) is 6.41. The fourth-order valence-corrected chi connectivity index (χ4v) is 5.48. The van der Waals surface area contributed by atoms with E-state index in [9.17, 15) is 13.5 Å². The van der Waals surface area contributed by atoms with Crippen LogP contribution in [0.1, 0.15) is 17.5 Å². The van der Waals surface area contributed by atoms with Gasteiger partial charge in [-0.25, -0.2) is 13.1 Å². The van der Waals surface area contributed by atoms with Crippen LogP contribution < -0.4 is 4.72 Å². The second-order valence-electron chi connectivity index (χ2n) is 4.94. The van der Waals surface area contributed by atoms with E-state index in [-0.39, 0.29) is 11.5 Å². The Morgan fingerprint density at radius 1 is 1.50 bits per heavy atom. The zero-order chi connectivity index (χ0) is 14.8. The zero-order valence-electron chi connectivity index (χ0n) is 11.2. The van der Waals surface area contributed by atoms with Crippen LogP contribution in [0.15, 0.2) is 21.5 Å². The van der Waals surface area contributed by atoms with Crippen LogP contribution >= 0.6 is 27.7 Å². The Labute approximate surface area is 132 Å². The van der Waals surface area contributed by atoms with Crippen LogP contribution in [0.25, 0.3) is 0 Å². The molecule has 0 saturated carbocycles. The highest BCUT2D eigenvalue weighted by molar-refractivity contribution is 9.10. The SMILES string of the molecule is Cc1c(Br)cc(CO)cc1S(=O)(=O)NCC1CCSC1. The number of benzene rings is 1. The fourth-order valence-electron chi connectivity index (χ4n) is 2.13. The Balaban J connectivity index is 2.21. The fraction of sp³-hybridized carbons (Fsp3) is 0.538. The van der Waals surface area contributed by atoms with Gasteiger partial charge in [-0.1, -0.05) is 15.9 Å². The summed E-state index contributed by atoms with van der Waals surface area (Å²) in [7, 11) is -3.53. The lowest BCUT2D eigenvalue weighted by molar-refractivity contribution is 0.281. The van der Waals surface area contributed by atoms with Crippen LogP contribution in [0, 0.1) is 12.8 Å². The molecule has 7 heteroatoms. The Hall–Kier alpha value is -0.0800. The topological polar surface area (TPSA) is 66.4 Å². The summed E-state index contributed by atoms with van der Waals surface area (Å²) < 4.78 is 28.2. The van der Waals surface area contributed by atoms with Crippen molar-refractivity contribution in [2.24, 2.45) is 5.92 Å². The number of thioether (sulfide) groups is 1. The zero-order valence-corrected chi connectivity index (χ0v) is 14.4. The van der Waals surface area contributed by atoms with Gasteiger partial charge in [-0.15, -0.1) is 0 Å². The molecule has 1 atom stereocenters. The van der Waals surface area contributed by atoms with Crippen molar-refractivity contribution in [1.82, 2.24) is 4.72 Å². The lowest BCUT2D eigenvalue weighted by Gasteiger charge is -2.14. The highest BCUT2D eigenvalue weighted by Gasteiger charge is 2.22. The van der Waals surface area contributed by atoms with Gasteiger partial charge in [-0.05, 0) is 54.0 Å². The Kier molecular flexibility index (Phi) is 5.53. The van der Waals surface area contributed by atoms with Crippen LogP contribution in [0.3, 0.4) is 0 Å². The molecular formula is C13H18BrNO3S2. The van der Waals surface area contributed by atoms with E-state index in [1.54, 1.807) is 13.0 Å². The number of aliphatic hydroxyl groups is 1. The van der Waals surface area contributed by atoms with Crippen molar-refractivity contribution in [3.8, 4) is 0 Å². The van der Waals surface area contributed by atoms with Crippen molar-refractivity contribution in [2.45, 2.75) is 24.8 Å². The van der Waals surface area contributed by atoms with Crippen LogP contribution in [0.2, 0.25) is 0 Å². The third-order valence-corrected chi connectivity index (χ3v) is 7.02. The maximum Gasteiger partial charge on any atom is 0.240 e. The molecule has 0 radical (unpaired) electrons. The Bertz CT molecular complexity index is 584. The van der Waals surface area contributed by atoms with Crippen LogP contribution in [0.5, 0.6) is 0 Å². The Morgan fingerprint density at radius 3 is 2.85 bits per heavy atom. The standard InChI is InChI=1S/C13H18BrNO3S2/c1-9-12(14)4-11(7-16)5-13(9)20(17,18)15-6-10-2-3-19-8-10/h4-5,10,15-16H,2-3,6-8H2,1H3. The first-order valence-corrected chi connectivity index (χ1v) is 9.84. The first-order chi connectivity index (χ1) is 9.44. The van der Waals surface area contributed by atoms with E-state index >= 15 is 0 Å². The van der Waals surface area contributed by atoms with Gasteiger partial charge < -0.3 is 5.11 Å². The Morgan fingerprint density at radius 2 is 2.25 bits per heavy atom. The van der Waals surface area contributed by atoms with Gasteiger partial charge in [0.15, 0.2) is 0 Å². The molecule has 0 spiro atoms. The molecule has 20 heavy (non-hydrogen) atoms. The van der Waals surface area contributed by atoms with Gasteiger partial charge >= 0.3 is 0 Å². The minimum atomic E-state index is -3.53. The quantitative estimate of drug-likeness (QED) is 0.823. The third kappa shape index (κ3) is 3.76. The molecule has 2 N–H and O–H groups in total. The summed E-state index contributed by atoms with van der Waals surface area (Å²) in [6.07, 6.45) is 1.06. The molecule has 0 aliphatic carbocycles. The lowest BCUT2D eigenvalue weighted by Crippen LogP contribution is -2.30. The molecule has 1 aliphatic rings. The molecule has 2 rings (SSSR count). The van der Waals surface area contributed by atoms with E-state index in [4.69, 9.17) is 0 Å². The molecule has 1 unspecified atom stereocenters. The van der Waals surface area contributed by atoms with Gasteiger partial charge in [0.2, 0.25) is 10.0 Å². The van der Waals surface area contributed by atoms with Gasteiger partial charge in [0.05, 0.1) is 11.5 Å². The number of sulfonamides is 1. The number of rotatable bonds is 5. The molecule has 1 aliphatic heterocycles. The summed E-state index contributed by atoms with van der Waals surface area (Å²) in [5.41, 5.74) is 1.25. The molecule has 1 aromatic rings. The van der Waals surface area contributed by atoms with Crippen LogP contribution in [0.4, 0.5) is 0 Å². The predicted molar refractivity (Wildman–Crippen MR) is 85.4 cm³/mol. The highest BCUT2D eigenvalue weighted by Crippen LogP contribution is 2.27. The van der Waals surface area contributed by atoms with Gasteiger partial charge in [0, 0.05) is 11.0 Å². The van der Waals surface area contributed by atoms with Crippen molar-refractivity contribution in [1.29, 1.82) is 0 Å². The van der Waals surface area contributed by atoms with Gasteiger partial charge in [0.25, 0.3) is 0 Å². The predicted octanol–water partition coefficient (Wildman–Crippen LogP) is 2.28. The molecular weight excluding hydrogens is 362 g/mol. The minimum absolute atomic E-state index is 0.180. The second kappa shape index (κ2) is 6.79. The summed E-state index contributed by atoms with van der Waals surface area (Å²) in [5, 5.41) is 9.21. The molecule has 112 valence electrons. The van der Waals surface area contributed by atoms with Gasteiger partial charge in [-0.3, -0.25) is 0 Å². The summed E-state index contributed by atoms with van der Waals surface area (Å²) in [6, 6.07) is 3.27. The summed E-state index contributed by atoms with van der Waals surface area (Å²) in [5.74, 6) is 2.54. The number of aliphatic hydroxyl groups excluding tert-OH is 1. The summed E-state index contributed by atoms with van der Waals surface area (Å²) in [6.45, 7) is 2.06. The number of hydrogen-bond acceptors (Lipinski definition) is 4. The van der Waals surface area contributed by atoms with Crippen molar-refractivity contribution in [2.75, 3.05) is 18.1 Å². The van der Waals surface area contributed by atoms with E-state index in [1.165, 1.54) is 6.07 Å². The average molecular weight is 380 g/mol. The molecule has 1 fully saturated rings. The molecule has 0 aromatic heterocycles. The molecule has 4 nitrogen and oxygen atoms in total. The summed E-state index contributed by atoms with van der Waals surface area (Å²) >= 11 is 5.21. The second-order valence-corrected chi connectivity index (χ2v) is 8.68. The summed E-state index contributed by atoms with van der Waals surface area (Å²) in [4.78, 5) is 0.238. The molecule has 0 bridgehead atoms. The average Bonchev–Trinajstić information content (AvgIpc) is 2.92. The molecule has 1 heterocycles. The number of halogens is 1. The molecule has 1 aromatic carbocycles. The van der Waals surface area contributed by atoms with Crippen LogP contribution in [-0.2, 0) is 16.6 Å². The minimum Gasteiger partial charge on any atom is -0.392 e. The molecule has 1 saturated heterocycles. The maximum atomic E-state index is 12.4. The lowest BCUT2D eigenvalue weighted by atomic mass is 10.1. The van der Waals surface area contributed by atoms with E-state index in [0.29, 0.717) is 28.1 Å². The van der Waals surface area contributed by atoms with Crippen molar-refractivity contribution in [3.05, 3.63) is 27.7 Å². The van der Waals surface area contributed by atoms with Gasteiger partial charge in [-0.2, -0.15) is 11.8 Å². The first kappa shape index (κ1) is 16.3. The van der Waals surface area contributed by atoms with Crippen molar-refractivity contribution >= 4 is 37.7 Å². The normalized spacial score (nSPS) is 19.4. The van der Waals surface area contributed by atoms with Crippen molar-refractivity contribution < 1.29 is 13.5 Å². The smallest absolute Gasteiger partial charge is 0.240 e. The maximum absolute atomic E-state index is 12.4. The third-order valence-electron chi connectivity index (χ3n) is 3.41. The van der Waals surface area contributed by atoms with E-state index in [0.717, 1.165) is 17.9 Å². The van der Waals surface area contributed by atoms with Gasteiger partial charge in [0.1, 0.15) is 0 Å². The number of nitrogens with one attached hydrogen (secondary N) is 1. The monoisotopic (exact) mass is 379 g/mol. The van der Waals surface area contributed by atoms with E-state index in [2.05, 4.69) is 20.7 Å². The van der Waals surface area contributed by atoms with E-state index < -0.39 is 10.0 Å². The van der Waals surface area contributed by atoms with E-state index in [1.807, 2.05) is 11.8 Å².